The Morgan fingerprint density at radius 2 is 2.13 bits per heavy atom. The molecular formula is C14H23FN4O3S. The minimum Gasteiger partial charge on any atom is -0.323 e. The van der Waals surface area contributed by atoms with Crippen LogP contribution in [0.3, 0.4) is 0 Å². The van der Waals surface area contributed by atoms with Gasteiger partial charge in [-0.25, -0.2) is 17.1 Å². The third-order valence-electron chi connectivity index (χ3n) is 4.37. The van der Waals surface area contributed by atoms with Gasteiger partial charge in [0.25, 0.3) is 0 Å². The molecule has 9 heteroatoms. The summed E-state index contributed by atoms with van der Waals surface area (Å²) < 4.78 is 38.9. The van der Waals surface area contributed by atoms with Crippen molar-refractivity contribution < 1.29 is 17.6 Å². The van der Waals surface area contributed by atoms with Crippen LogP contribution < -0.4 is 5.32 Å². The van der Waals surface area contributed by atoms with E-state index in [4.69, 9.17) is 5.26 Å². The lowest BCUT2D eigenvalue weighted by atomic mass is 10.2. The SMILES string of the molecule is CC(C)S(=O)(=O)N1CC[C@H](NCC(=O)N2C[C@@H](F)C[C@H]2C#N)C1. The highest BCUT2D eigenvalue weighted by molar-refractivity contribution is 7.89. The van der Waals surface area contributed by atoms with Crippen molar-refractivity contribution in [3.63, 3.8) is 0 Å². The number of nitrogens with zero attached hydrogens (tertiary/aromatic N) is 3. The summed E-state index contributed by atoms with van der Waals surface area (Å²) in [6.45, 7) is 4.00. The maximum atomic E-state index is 13.3. The number of likely N-dealkylation sites (tertiary alicyclic amines) is 1. The van der Waals surface area contributed by atoms with Gasteiger partial charge in [-0.05, 0) is 20.3 Å². The average Bonchev–Trinajstić information content (AvgIpc) is 3.11. The van der Waals surface area contributed by atoms with Gasteiger partial charge in [-0.1, -0.05) is 0 Å². The Hall–Kier alpha value is -1.24. The van der Waals surface area contributed by atoms with E-state index in [-0.39, 0.29) is 31.5 Å². The number of hydrogen-bond donors (Lipinski definition) is 1. The van der Waals surface area contributed by atoms with Crippen molar-refractivity contribution in [1.29, 1.82) is 5.26 Å². The number of carbonyl (C=O) groups is 1. The molecule has 0 radical (unpaired) electrons. The number of carbonyl (C=O) groups excluding carboxylic acids is 1. The maximum absolute atomic E-state index is 13.3. The van der Waals surface area contributed by atoms with Crippen LogP contribution in [-0.4, -0.2) is 73.2 Å². The van der Waals surface area contributed by atoms with Gasteiger partial charge >= 0.3 is 0 Å². The Morgan fingerprint density at radius 1 is 1.43 bits per heavy atom. The normalized spacial score (nSPS) is 29.2. The summed E-state index contributed by atoms with van der Waals surface area (Å²) in [7, 11) is -3.28. The molecule has 2 rings (SSSR count). The van der Waals surface area contributed by atoms with E-state index in [2.05, 4.69) is 5.32 Å². The lowest BCUT2D eigenvalue weighted by molar-refractivity contribution is -0.130. The van der Waals surface area contributed by atoms with Gasteiger partial charge in [0.05, 0.1) is 24.4 Å². The van der Waals surface area contributed by atoms with Crippen LogP contribution in [0.15, 0.2) is 0 Å². The second-order valence-corrected chi connectivity index (χ2v) is 8.83. The van der Waals surface area contributed by atoms with Gasteiger partial charge < -0.3 is 10.2 Å². The molecule has 0 aromatic rings. The van der Waals surface area contributed by atoms with Crippen LogP contribution in [0.4, 0.5) is 4.39 Å². The molecule has 2 aliphatic heterocycles. The van der Waals surface area contributed by atoms with Crippen molar-refractivity contribution in [1.82, 2.24) is 14.5 Å². The zero-order chi connectivity index (χ0) is 17.2. The largest absolute Gasteiger partial charge is 0.323 e. The Bertz CT molecular complexity index is 589. The van der Waals surface area contributed by atoms with E-state index in [0.717, 1.165) is 0 Å². The van der Waals surface area contributed by atoms with Crippen LogP contribution >= 0.6 is 0 Å². The number of hydrogen-bond acceptors (Lipinski definition) is 5. The minimum absolute atomic E-state index is 0.00880. The number of nitriles is 1. The number of nitrogens with one attached hydrogen (secondary N) is 1. The van der Waals surface area contributed by atoms with Crippen molar-refractivity contribution >= 4 is 15.9 Å². The first kappa shape index (κ1) is 18.1. The van der Waals surface area contributed by atoms with Gasteiger partial charge in [-0.2, -0.15) is 5.26 Å². The molecule has 7 nitrogen and oxygen atoms in total. The quantitative estimate of drug-likeness (QED) is 0.747. The first-order chi connectivity index (χ1) is 10.8. The molecule has 0 saturated carbocycles. The first-order valence-corrected chi connectivity index (χ1v) is 9.31. The molecule has 23 heavy (non-hydrogen) atoms. The standard InChI is InChI=1S/C14H23FN4O3S/c1-10(2)23(21,22)18-4-3-12(9-18)17-7-14(20)19-8-11(15)5-13(19)6-16/h10-13,17H,3-5,7-9H2,1-2H3/t11-,12-,13-/m0/s1. The van der Waals surface area contributed by atoms with Crippen LogP contribution in [-0.2, 0) is 14.8 Å². The van der Waals surface area contributed by atoms with Crippen LogP contribution in [0.1, 0.15) is 26.7 Å². The highest BCUT2D eigenvalue weighted by Gasteiger charge is 2.36. The Labute approximate surface area is 136 Å². The lowest BCUT2D eigenvalue weighted by Crippen LogP contribution is -2.45. The average molecular weight is 346 g/mol. The Kier molecular flexibility index (Phi) is 5.60. The predicted octanol–water partition coefficient (Wildman–Crippen LogP) is -0.149. The van der Waals surface area contributed by atoms with Crippen molar-refractivity contribution in [3.05, 3.63) is 0 Å². The zero-order valence-corrected chi connectivity index (χ0v) is 14.2. The van der Waals surface area contributed by atoms with E-state index in [0.29, 0.717) is 19.5 Å². The molecule has 0 aromatic heterocycles. The highest BCUT2D eigenvalue weighted by Crippen LogP contribution is 2.20. The van der Waals surface area contributed by atoms with Crippen molar-refractivity contribution in [3.8, 4) is 6.07 Å². The molecule has 0 spiro atoms. The summed E-state index contributed by atoms with van der Waals surface area (Å²) in [5.74, 6) is -0.318. The topological polar surface area (TPSA) is 93.5 Å². The van der Waals surface area contributed by atoms with Crippen molar-refractivity contribution in [2.24, 2.45) is 0 Å². The number of amides is 1. The van der Waals surface area contributed by atoms with E-state index >= 15 is 0 Å². The molecule has 0 unspecified atom stereocenters. The zero-order valence-electron chi connectivity index (χ0n) is 13.4. The maximum Gasteiger partial charge on any atom is 0.237 e. The van der Waals surface area contributed by atoms with Crippen LogP contribution in [0.25, 0.3) is 0 Å². The molecule has 2 heterocycles. The Morgan fingerprint density at radius 3 is 2.74 bits per heavy atom. The van der Waals surface area contributed by atoms with E-state index in [1.165, 1.54) is 9.21 Å². The van der Waals surface area contributed by atoms with E-state index in [1.54, 1.807) is 13.8 Å². The lowest BCUT2D eigenvalue weighted by Gasteiger charge is -2.21. The van der Waals surface area contributed by atoms with E-state index in [1.807, 2.05) is 6.07 Å². The summed E-state index contributed by atoms with van der Waals surface area (Å²) in [6, 6.07) is 1.13. The van der Waals surface area contributed by atoms with E-state index in [9.17, 15) is 17.6 Å². The third kappa shape index (κ3) is 4.00. The number of rotatable bonds is 5. The molecule has 0 aliphatic carbocycles. The minimum atomic E-state index is -3.28. The fourth-order valence-electron chi connectivity index (χ4n) is 2.94. The second-order valence-electron chi connectivity index (χ2n) is 6.34. The molecule has 130 valence electrons. The summed E-state index contributed by atoms with van der Waals surface area (Å²) in [6.07, 6.45) is -0.458. The summed E-state index contributed by atoms with van der Waals surface area (Å²) >= 11 is 0. The summed E-state index contributed by atoms with van der Waals surface area (Å²) in [5, 5.41) is 11.5. The molecule has 3 atom stereocenters. The molecule has 2 fully saturated rings. The van der Waals surface area contributed by atoms with Crippen LogP contribution in [0, 0.1) is 11.3 Å². The van der Waals surface area contributed by atoms with Gasteiger partial charge in [0.15, 0.2) is 0 Å². The van der Waals surface area contributed by atoms with Crippen LogP contribution in [0.2, 0.25) is 0 Å². The predicted molar refractivity (Wildman–Crippen MR) is 82.7 cm³/mol. The monoisotopic (exact) mass is 346 g/mol. The summed E-state index contributed by atoms with van der Waals surface area (Å²) in [5.41, 5.74) is 0. The second kappa shape index (κ2) is 7.11. The fraction of sp³-hybridized carbons (Fsp3) is 0.857. The molecule has 2 aliphatic rings. The molecule has 0 aromatic carbocycles. The summed E-state index contributed by atoms with van der Waals surface area (Å²) in [4.78, 5) is 13.4. The van der Waals surface area contributed by atoms with Gasteiger partial charge in [0, 0.05) is 25.6 Å². The van der Waals surface area contributed by atoms with Crippen molar-refractivity contribution in [2.45, 2.75) is 50.2 Å². The molecule has 1 N–H and O–H groups in total. The van der Waals surface area contributed by atoms with Gasteiger partial charge in [0.1, 0.15) is 12.2 Å². The first-order valence-electron chi connectivity index (χ1n) is 7.81. The molecule has 1 amide bonds. The number of sulfonamides is 1. The molecule has 0 bridgehead atoms. The van der Waals surface area contributed by atoms with E-state index < -0.39 is 27.5 Å². The molecule has 2 saturated heterocycles. The van der Waals surface area contributed by atoms with Gasteiger partial charge in [-0.15, -0.1) is 0 Å². The number of halogens is 1. The molecular weight excluding hydrogens is 323 g/mol. The Balaban J connectivity index is 1.84. The fourth-order valence-corrected chi connectivity index (χ4v) is 4.28. The van der Waals surface area contributed by atoms with Crippen molar-refractivity contribution in [2.75, 3.05) is 26.2 Å². The smallest absolute Gasteiger partial charge is 0.237 e. The highest BCUT2D eigenvalue weighted by atomic mass is 32.2. The van der Waals surface area contributed by atoms with Crippen LogP contribution in [0.5, 0.6) is 0 Å². The number of alkyl halides is 1. The van der Waals surface area contributed by atoms with Gasteiger partial charge in [0.2, 0.25) is 15.9 Å². The van der Waals surface area contributed by atoms with Gasteiger partial charge in [-0.3, -0.25) is 4.79 Å². The third-order valence-corrected chi connectivity index (χ3v) is 6.61.